The molecule has 1 aliphatic heterocycles. The number of hydrogen-bond acceptors (Lipinski definition) is 4. The van der Waals surface area contributed by atoms with E-state index in [9.17, 15) is 14.0 Å². The Morgan fingerprint density at radius 1 is 1.08 bits per heavy atom. The number of ether oxygens (including phenoxy) is 1. The lowest BCUT2D eigenvalue weighted by Crippen LogP contribution is -2.31. The van der Waals surface area contributed by atoms with Crippen LogP contribution in [0.2, 0.25) is 0 Å². The molecule has 1 fully saturated rings. The largest absolute Gasteiger partial charge is 0.497 e. The molecule has 1 atom stereocenters. The Bertz CT molecular complexity index is 819. The number of aliphatic imine (C=N–C) groups is 1. The van der Waals surface area contributed by atoms with Crippen LogP contribution in [-0.2, 0) is 9.59 Å². The van der Waals surface area contributed by atoms with E-state index in [0.717, 1.165) is 4.90 Å². The first-order valence-electron chi connectivity index (χ1n) is 7.02. The average Bonchev–Trinajstić information content (AvgIpc) is 2.80. The Labute approximate surface area is 142 Å². The van der Waals surface area contributed by atoms with Crippen molar-refractivity contribution in [2.24, 2.45) is 4.99 Å². The van der Waals surface area contributed by atoms with E-state index in [1.807, 2.05) is 0 Å². The second kappa shape index (κ2) is 6.41. The first-order chi connectivity index (χ1) is 11.5. The summed E-state index contributed by atoms with van der Waals surface area (Å²) >= 11 is 6.07. The minimum absolute atomic E-state index is 0.0934. The molecule has 0 saturated carbocycles. The van der Waals surface area contributed by atoms with E-state index in [1.165, 1.54) is 31.4 Å². The molecule has 24 heavy (non-hydrogen) atoms. The molecular weight excluding hydrogens is 335 g/mol. The second-order valence-electron chi connectivity index (χ2n) is 5.01. The van der Waals surface area contributed by atoms with Gasteiger partial charge < -0.3 is 4.74 Å². The van der Waals surface area contributed by atoms with Gasteiger partial charge in [0.25, 0.3) is 11.8 Å². The predicted octanol–water partition coefficient (Wildman–Crippen LogP) is 3.09. The smallest absolute Gasteiger partial charge is 0.281 e. The molecule has 2 aromatic carbocycles. The zero-order valence-electron chi connectivity index (χ0n) is 12.6. The lowest BCUT2D eigenvalue weighted by molar-refractivity contribution is -0.120. The van der Waals surface area contributed by atoms with E-state index >= 15 is 0 Å². The van der Waals surface area contributed by atoms with E-state index in [2.05, 4.69) is 4.99 Å². The number of alkyl halides is 1. The summed E-state index contributed by atoms with van der Waals surface area (Å²) in [6.45, 7) is 0. The Morgan fingerprint density at radius 3 is 2.29 bits per heavy atom. The SMILES string of the molecule is COc1ccc(N2C(=O)C(=Nc3ccc(F)cc3)C(Cl)C2=O)cc1. The van der Waals surface area contributed by atoms with Crippen molar-refractivity contribution in [2.45, 2.75) is 5.38 Å². The van der Waals surface area contributed by atoms with E-state index in [4.69, 9.17) is 16.3 Å². The van der Waals surface area contributed by atoms with Crippen LogP contribution in [0, 0.1) is 5.82 Å². The fraction of sp³-hybridized carbons (Fsp3) is 0.118. The summed E-state index contributed by atoms with van der Waals surface area (Å²) in [6, 6.07) is 11.7. The third-order valence-corrected chi connectivity index (χ3v) is 3.90. The van der Waals surface area contributed by atoms with E-state index in [-0.39, 0.29) is 5.71 Å². The van der Waals surface area contributed by atoms with Crippen molar-refractivity contribution in [2.75, 3.05) is 12.0 Å². The Hall–Kier alpha value is -2.73. The first-order valence-corrected chi connectivity index (χ1v) is 7.45. The highest BCUT2D eigenvalue weighted by molar-refractivity contribution is 6.68. The highest BCUT2D eigenvalue weighted by Gasteiger charge is 2.44. The molecule has 2 amide bonds. The van der Waals surface area contributed by atoms with Gasteiger partial charge in [-0.3, -0.25) is 9.59 Å². The fourth-order valence-electron chi connectivity index (χ4n) is 2.29. The Balaban J connectivity index is 1.95. The zero-order valence-corrected chi connectivity index (χ0v) is 13.3. The van der Waals surface area contributed by atoms with Gasteiger partial charge in [0.05, 0.1) is 18.5 Å². The molecule has 3 rings (SSSR count). The van der Waals surface area contributed by atoms with Crippen molar-refractivity contribution in [1.82, 2.24) is 0 Å². The molecule has 2 aromatic rings. The van der Waals surface area contributed by atoms with Gasteiger partial charge >= 0.3 is 0 Å². The highest BCUT2D eigenvalue weighted by atomic mass is 35.5. The Kier molecular flexibility index (Phi) is 4.31. The molecule has 1 aliphatic rings. The maximum Gasteiger partial charge on any atom is 0.281 e. The molecule has 122 valence electrons. The van der Waals surface area contributed by atoms with Crippen LogP contribution in [0.5, 0.6) is 5.75 Å². The van der Waals surface area contributed by atoms with Crippen molar-refractivity contribution in [3.63, 3.8) is 0 Å². The number of methoxy groups -OCH3 is 1. The summed E-state index contributed by atoms with van der Waals surface area (Å²) in [5.74, 6) is -1.00. The molecule has 0 radical (unpaired) electrons. The van der Waals surface area contributed by atoms with Gasteiger partial charge in [-0.2, -0.15) is 0 Å². The minimum Gasteiger partial charge on any atom is -0.497 e. The van der Waals surface area contributed by atoms with Gasteiger partial charge in [0, 0.05) is 0 Å². The molecule has 5 nitrogen and oxygen atoms in total. The number of halogens is 2. The van der Waals surface area contributed by atoms with Crippen molar-refractivity contribution < 1.29 is 18.7 Å². The van der Waals surface area contributed by atoms with Crippen molar-refractivity contribution in [1.29, 1.82) is 0 Å². The van der Waals surface area contributed by atoms with Crippen molar-refractivity contribution in [3.8, 4) is 5.75 Å². The third kappa shape index (κ3) is 2.88. The monoisotopic (exact) mass is 346 g/mol. The summed E-state index contributed by atoms with van der Waals surface area (Å²) in [4.78, 5) is 29.9. The van der Waals surface area contributed by atoms with Crippen LogP contribution in [0.1, 0.15) is 0 Å². The number of imide groups is 1. The van der Waals surface area contributed by atoms with Gasteiger partial charge in [-0.15, -0.1) is 11.6 Å². The minimum atomic E-state index is -1.19. The van der Waals surface area contributed by atoms with E-state index < -0.39 is 23.0 Å². The normalized spacial score (nSPS) is 19.2. The van der Waals surface area contributed by atoms with Gasteiger partial charge in [0.1, 0.15) is 17.3 Å². The summed E-state index contributed by atoms with van der Waals surface area (Å²) < 4.78 is 18.0. The number of anilines is 1. The van der Waals surface area contributed by atoms with Crippen LogP contribution in [-0.4, -0.2) is 30.0 Å². The van der Waals surface area contributed by atoms with Crippen LogP contribution in [0.25, 0.3) is 0 Å². The van der Waals surface area contributed by atoms with Gasteiger partial charge in [-0.05, 0) is 48.5 Å². The molecule has 1 unspecified atom stereocenters. The predicted molar refractivity (Wildman–Crippen MR) is 88.6 cm³/mol. The standard InChI is InChI=1S/C17H12ClFN2O3/c1-24-13-8-6-12(7-9-13)21-16(22)14(18)15(17(21)23)20-11-4-2-10(19)3-5-11/h2-9,14H,1H3. The lowest BCUT2D eigenvalue weighted by atomic mass is 10.2. The Morgan fingerprint density at radius 2 is 1.71 bits per heavy atom. The van der Waals surface area contributed by atoms with Crippen molar-refractivity contribution in [3.05, 3.63) is 54.3 Å². The van der Waals surface area contributed by atoms with Crippen LogP contribution in [0.15, 0.2) is 53.5 Å². The zero-order chi connectivity index (χ0) is 17.3. The second-order valence-corrected chi connectivity index (χ2v) is 5.45. The molecule has 0 spiro atoms. The van der Waals surface area contributed by atoms with Crippen molar-refractivity contribution >= 4 is 40.5 Å². The number of rotatable bonds is 3. The van der Waals surface area contributed by atoms with Crippen LogP contribution in [0.4, 0.5) is 15.8 Å². The summed E-state index contributed by atoms with van der Waals surface area (Å²) in [5, 5.41) is -1.19. The molecule has 1 heterocycles. The summed E-state index contributed by atoms with van der Waals surface area (Å²) in [5.41, 5.74) is 0.625. The van der Waals surface area contributed by atoms with Gasteiger partial charge in [-0.1, -0.05) is 0 Å². The van der Waals surface area contributed by atoms with Crippen LogP contribution < -0.4 is 9.64 Å². The number of carbonyl (C=O) groups excluding carboxylic acids is 2. The van der Waals surface area contributed by atoms with Gasteiger partial charge in [0.15, 0.2) is 5.38 Å². The molecule has 1 saturated heterocycles. The first kappa shape index (κ1) is 16.1. The third-order valence-electron chi connectivity index (χ3n) is 3.51. The molecule has 0 aliphatic carbocycles. The maximum absolute atomic E-state index is 12.9. The average molecular weight is 347 g/mol. The molecule has 0 aromatic heterocycles. The summed E-state index contributed by atoms with van der Waals surface area (Å²) in [7, 11) is 1.52. The molecule has 0 bridgehead atoms. The number of amides is 2. The van der Waals surface area contributed by atoms with Gasteiger partial charge in [0.2, 0.25) is 0 Å². The molecular formula is C17H12ClFN2O3. The fourth-order valence-corrected chi connectivity index (χ4v) is 2.53. The highest BCUT2D eigenvalue weighted by Crippen LogP contribution is 2.27. The van der Waals surface area contributed by atoms with Crippen LogP contribution in [0.3, 0.4) is 0 Å². The molecule has 0 N–H and O–H groups in total. The molecule has 7 heteroatoms. The quantitative estimate of drug-likeness (QED) is 0.634. The number of hydrogen-bond donors (Lipinski definition) is 0. The van der Waals surface area contributed by atoms with E-state index in [1.54, 1.807) is 24.3 Å². The number of nitrogens with zero attached hydrogens (tertiary/aromatic N) is 2. The van der Waals surface area contributed by atoms with Gasteiger partial charge in [-0.25, -0.2) is 14.3 Å². The lowest BCUT2D eigenvalue weighted by Gasteiger charge is -2.13. The number of carbonyl (C=O) groups is 2. The van der Waals surface area contributed by atoms with Crippen LogP contribution >= 0.6 is 11.6 Å². The number of benzene rings is 2. The maximum atomic E-state index is 12.9. The summed E-state index contributed by atoms with van der Waals surface area (Å²) in [6.07, 6.45) is 0. The topological polar surface area (TPSA) is 59.0 Å². The van der Waals surface area contributed by atoms with E-state index in [0.29, 0.717) is 17.1 Å².